The third-order valence-corrected chi connectivity index (χ3v) is 11.1. The molecular formula is C52H35N3. The van der Waals surface area contributed by atoms with Gasteiger partial charge in [0.2, 0.25) is 0 Å². The van der Waals surface area contributed by atoms with Crippen molar-refractivity contribution in [2.75, 3.05) is 4.90 Å². The first-order valence-electron chi connectivity index (χ1n) is 18.9. The van der Waals surface area contributed by atoms with Gasteiger partial charge in [0.25, 0.3) is 0 Å². The number of hydrogen-bond donors (Lipinski definition) is 0. The van der Waals surface area contributed by atoms with Gasteiger partial charge in [-0.25, -0.2) is 0 Å². The quantitative estimate of drug-likeness (QED) is 0.168. The van der Waals surface area contributed by atoms with E-state index >= 15 is 0 Å². The summed E-state index contributed by atoms with van der Waals surface area (Å²) in [6.45, 7) is 0. The standard InChI is InChI=1S/C52H35N3/c1-3-15-36(16-4-1)42-20-9-12-24-47(42)53(41-32-33-45-44-22-10-13-25-48(44)55(51(45)35-41)38-18-5-2-6-19-38)39-28-30-40(31-29-39)54-49-26-14-11-23-46(49)52-43-21-8-7-17-37(43)27-34-50(52)54/h1-35H. The fourth-order valence-electron chi connectivity index (χ4n) is 8.68. The molecule has 0 N–H and O–H groups in total. The Morgan fingerprint density at radius 2 is 0.891 bits per heavy atom. The number of benzene rings is 9. The summed E-state index contributed by atoms with van der Waals surface area (Å²) in [7, 11) is 0. The Labute approximate surface area is 319 Å². The molecule has 2 heterocycles. The summed E-state index contributed by atoms with van der Waals surface area (Å²) in [5.41, 5.74) is 12.7. The summed E-state index contributed by atoms with van der Waals surface area (Å²) in [4.78, 5) is 2.41. The average molecular weight is 702 g/mol. The van der Waals surface area contributed by atoms with Gasteiger partial charge in [-0.15, -0.1) is 0 Å². The van der Waals surface area contributed by atoms with Crippen LogP contribution in [0.25, 0.3) is 76.9 Å². The largest absolute Gasteiger partial charge is 0.310 e. The number of rotatable bonds is 6. The number of fused-ring (bicyclic) bond motifs is 8. The van der Waals surface area contributed by atoms with Gasteiger partial charge < -0.3 is 14.0 Å². The van der Waals surface area contributed by atoms with Gasteiger partial charge in [0.15, 0.2) is 0 Å². The van der Waals surface area contributed by atoms with Crippen molar-refractivity contribution in [1.82, 2.24) is 9.13 Å². The monoisotopic (exact) mass is 701 g/mol. The van der Waals surface area contributed by atoms with Crippen molar-refractivity contribution in [3.05, 3.63) is 212 Å². The Kier molecular flexibility index (Phi) is 7.17. The third kappa shape index (κ3) is 4.98. The molecule has 0 bridgehead atoms. The first-order chi connectivity index (χ1) is 27.3. The topological polar surface area (TPSA) is 13.1 Å². The molecule has 0 spiro atoms. The van der Waals surface area contributed by atoms with Crippen molar-refractivity contribution in [3.63, 3.8) is 0 Å². The molecule has 11 rings (SSSR count). The summed E-state index contributed by atoms with van der Waals surface area (Å²) in [6, 6.07) is 76.9. The maximum Gasteiger partial charge on any atom is 0.0561 e. The van der Waals surface area contributed by atoms with Gasteiger partial charge in [-0.3, -0.25) is 0 Å². The van der Waals surface area contributed by atoms with E-state index in [9.17, 15) is 0 Å². The molecule has 0 amide bonds. The molecule has 3 nitrogen and oxygen atoms in total. The molecule has 2 aromatic heterocycles. The maximum atomic E-state index is 2.41. The third-order valence-electron chi connectivity index (χ3n) is 11.1. The lowest BCUT2D eigenvalue weighted by Crippen LogP contribution is -2.11. The molecule has 55 heavy (non-hydrogen) atoms. The number of para-hydroxylation sites is 4. The second-order valence-corrected chi connectivity index (χ2v) is 14.2. The van der Waals surface area contributed by atoms with Crippen LogP contribution in [0.3, 0.4) is 0 Å². The molecule has 0 saturated carbocycles. The lowest BCUT2D eigenvalue weighted by Gasteiger charge is -2.28. The highest BCUT2D eigenvalue weighted by molar-refractivity contribution is 6.21. The molecule has 0 aliphatic carbocycles. The Morgan fingerprint density at radius 3 is 1.69 bits per heavy atom. The van der Waals surface area contributed by atoms with Gasteiger partial charge in [-0.2, -0.15) is 0 Å². The van der Waals surface area contributed by atoms with E-state index in [-0.39, 0.29) is 0 Å². The van der Waals surface area contributed by atoms with Crippen LogP contribution >= 0.6 is 0 Å². The fourth-order valence-corrected chi connectivity index (χ4v) is 8.68. The highest BCUT2D eigenvalue weighted by Gasteiger charge is 2.21. The van der Waals surface area contributed by atoms with E-state index in [1.807, 2.05) is 0 Å². The number of nitrogens with zero attached hydrogens (tertiary/aromatic N) is 3. The highest BCUT2D eigenvalue weighted by atomic mass is 15.1. The minimum atomic E-state index is 1.08. The Balaban J connectivity index is 1.13. The smallest absolute Gasteiger partial charge is 0.0561 e. The molecule has 258 valence electrons. The van der Waals surface area contributed by atoms with E-state index in [2.05, 4.69) is 226 Å². The molecule has 0 fully saturated rings. The number of hydrogen-bond acceptors (Lipinski definition) is 1. The molecule has 3 heteroatoms. The Bertz CT molecular complexity index is 3190. The Hall–Kier alpha value is -7.36. The minimum Gasteiger partial charge on any atom is -0.310 e. The van der Waals surface area contributed by atoms with Crippen molar-refractivity contribution in [3.8, 4) is 22.5 Å². The zero-order chi connectivity index (χ0) is 36.3. The van der Waals surface area contributed by atoms with E-state index in [1.165, 1.54) is 65.5 Å². The fraction of sp³-hybridized carbons (Fsp3) is 0. The van der Waals surface area contributed by atoms with E-state index < -0.39 is 0 Å². The van der Waals surface area contributed by atoms with E-state index in [0.717, 1.165) is 28.4 Å². The first kappa shape index (κ1) is 31.2. The number of anilines is 3. The number of aromatic nitrogens is 2. The van der Waals surface area contributed by atoms with Crippen molar-refractivity contribution in [2.45, 2.75) is 0 Å². The van der Waals surface area contributed by atoms with Crippen molar-refractivity contribution < 1.29 is 0 Å². The summed E-state index contributed by atoms with van der Waals surface area (Å²) in [6.07, 6.45) is 0. The Morgan fingerprint density at radius 1 is 0.327 bits per heavy atom. The molecule has 11 aromatic rings. The molecule has 0 radical (unpaired) electrons. The lowest BCUT2D eigenvalue weighted by atomic mass is 10.0. The zero-order valence-corrected chi connectivity index (χ0v) is 30.0. The van der Waals surface area contributed by atoms with Gasteiger partial charge in [-0.05, 0) is 89.1 Å². The van der Waals surface area contributed by atoms with E-state index in [0.29, 0.717) is 0 Å². The summed E-state index contributed by atoms with van der Waals surface area (Å²) in [5, 5.41) is 7.56. The van der Waals surface area contributed by atoms with E-state index in [1.54, 1.807) is 0 Å². The minimum absolute atomic E-state index is 1.08. The van der Waals surface area contributed by atoms with Gasteiger partial charge >= 0.3 is 0 Å². The molecule has 0 saturated heterocycles. The van der Waals surface area contributed by atoms with Crippen molar-refractivity contribution in [1.29, 1.82) is 0 Å². The van der Waals surface area contributed by atoms with Gasteiger partial charge in [0.05, 0.1) is 27.8 Å². The summed E-state index contributed by atoms with van der Waals surface area (Å²) < 4.78 is 4.80. The normalized spacial score (nSPS) is 11.6. The van der Waals surface area contributed by atoms with Gasteiger partial charge in [0, 0.05) is 49.9 Å². The van der Waals surface area contributed by atoms with Crippen LogP contribution in [-0.2, 0) is 0 Å². The second kappa shape index (κ2) is 12.6. The van der Waals surface area contributed by atoms with Gasteiger partial charge in [0.1, 0.15) is 0 Å². The predicted molar refractivity (Wildman–Crippen MR) is 233 cm³/mol. The molecule has 0 unspecified atom stereocenters. The van der Waals surface area contributed by atoms with E-state index in [4.69, 9.17) is 0 Å². The summed E-state index contributed by atoms with van der Waals surface area (Å²) in [5.74, 6) is 0. The van der Waals surface area contributed by atoms with Crippen LogP contribution in [0.5, 0.6) is 0 Å². The molecule has 0 atom stereocenters. The zero-order valence-electron chi connectivity index (χ0n) is 30.0. The molecular weight excluding hydrogens is 667 g/mol. The van der Waals surface area contributed by atoms with Crippen LogP contribution in [0.1, 0.15) is 0 Å². The van der Waals surface area contributed by atoms with Crippen LogP contribution in [0.4, 0.5) is 17.1 Å². The van der Waals surface area contributed by atoms with Crippen LogP contribution in [-0.4, -0.2) is 9.13 Å². The van der Waals surface area contributed by atoms with Crippen molar-refractivity contribution in [2.24, 2.45) is 0 Å². The summed E-state index contributed by atoms with van der Waals surface area (Å²) >= 11 is 0. The average Bonchev–Trinajstić information content (AvgIpc) is 3.78. The molecule has 0 aliphatic heterocycles. The first-order valence-corrected chi connectivity index (χ1v) is 18.9. The lowest BCUT2D eigenvalue weighted by molar-refractivity contribution is 1.17. The van der Waals surface area contributed by atoms with Gasteiger partial charge in [-0.1, -0.05) is 140 Å². The SMILES string of the molecule is c1ccc(-c2ccccc2N(c2ccc(-n3c4ccccc4c4c5ccccc5ccc43)cc2)c2ccc3c4ccccc4n(-c4ccccc4)c3c2)cc1. The predicted octanol–water partition coefficient (Wildman–Crippen LogP) is 14.2. The maximum absolute atomic E-state index is 2.41. The highest BCUT2D eigenvalue weighted by Crippen LogP contribution is 2.44. The van der Waals surface area contributed by atoms with Crippen LogP contribution in [0, 0.1) is 0 Å². The van der Waals surface area contributed by atoms with Crippen molar-refractivity contribution >= 4 is 71.4 Å². The second-order valence-electron chi connectivity index (χ2n) is 14.2. The van der Waals surface area contributed by atoms with Crippen LogP contribution in [0.2, 0.25) is 0 Å². The molecule has 9 aromatic carbocycles. The van der Waals surface area contributed by atoms with Crippen LogP contribution < -0.4 is 4.90 Å². The molecule has 0 aliphatic rings. The van der Waals surface area contributed by atoms with Crippen LogP contribution in [0.15, 0.2) is 212 Å².